The zero-order chi connectivity index (χ0) is 19.7. The quantitative estimate of drug-likeness (QED) is 0.752. The third-order valence-electron chi connectivity index (χ3n) is 3.51. The van der Waals surface area contributed by atoms with E-state index in [1.165, 1.54) is 7.11 Å². The van der Waals surface area contributed by atoms with Crippen molar-refractivity contribution in [1.82, 2.24) is 10.2 Å². The first-order chi connectivity index (χ1) is 12.1. The molecule has 0 aliphatic heterocycles. The second-order valence-electron chi connectivity index (χ2n) is 7.00. The van der Waals surface area contributed by atoms with Crippen molar-refractivity contribution in [3.8, 4) is 0 Å². The SMILES string of the molecule is COC(=O)[C@H](CCC(=O)N(C)Cc1ccccc1)NC(=O)OC(C)(C)C. The third-order valence-corrected chi connectivity index (χ3v) is 3.51. The van der Waals surface area contributed by atoms with E-state index in [1.54, 1.807) is 32.7 Å². The van der Waals surface area contributed by atoms with E-state index in [9.17, 15) is 14.4 Å². The van der Waals surface area contributed by atoms with Crippen LogP contribution >= 0.6 is 0 Å². The van der Waals surface area contributed by atoms with Gasteiger partial charge in [0, 0.05) is 20.0 Å². The van der Waals surface area contributed by atoms with Gasteiger partial charge in [0.15, 0.2) is 0 Å². The number of hydrogen-bond acceptors (Lipinski definition) is 5. The summed E-state index contributed by atoms with van der Waals surface area (Å²) in [6, 6.07) is 8.66. The monoisotopic (exact) mass is 364 g/mol. The maximum atomic E-state index is 12.3. The highest BCUT2D eigenvalue weighted by atomic mass is 16.6. The van der Waals surface area contributed by atoms with Crippen LogP contribution in [0.2, 0.25) is 0 Å². The van der Waals surface area contributed by atoms with E-state index in [2.05, 4.69) is 5.32 Å². The number of nitrogens with one attached hydrogen (secondary N) is 1. The van der Waals surface area contributed by atoms with Gasteiger partial charge < -0.3 is 19.7 Å². The number of carbonyl (C=O) groups is 3. The van der Waals surface area contributed by atoms with E-state index in [4.69, 9.17) is 9.47 Å². The predicted octanol–water partition coefficient (Wildman–Crippen LogP) is 2.49. The molecule has 0 heterocycles. The molecule has 144 valence electrons. The lowest BCUT2D eigenvalue weighted by atomic mass is 10.1. The van der Waals surface area contributed by atoms with Crippen LogP contribution in [0.15, 0.2) is 30.3 Å². The Hall–Kier alpha value is -2.57. The Kier molecular flexibility index (Phi) is 8.09. The average molecular weight is 364 g/mol. The molecule has 7 nitrogen and oxygen atoms in total. The van der Waals surface area contributed by atoms with Crippen LogP contribution in [0.1, 0.15) is 39.2 Å². The Bertz CT molecular complexity index is 610. The summed E-state index contributed by atoms with van der Waals surface area (Å²) in [4.78, 5) is 37.6. The van der Waals surface area contributed by atoms with Crippen LogP contribution in [-0.2, 0) is 25.6 Å². The fourth-order valence-electron chi connectivity index (χ4n) is 2.25. The van der Waals surface area contributed by atoms with E-state index < -0.39 is 23.7 Å². The van der Waals surface area contributed by atoms with Crippen LogP contribution in [0.3, 0.4) is 0 Å². The van der Waals surface area contributed by atoms with Crippen molar-refractivity contribution in [3.05, 3.63) is 35.9 Å². The Morgan fingerprint density at radius 2 is 1.77 bits per heavy atom. The van der Waals surface area contributed by atoms with Crippen molar-refractivity contribution >= 4 is 18.0 Å². The number of nitrogens with zero attached hydrogens (tertiary/aromatic N) is 1. The summed E-state index contributed by atoms with van der Waals surface area (Å²) in [6.07, 6.45) is -0.499. The largest absolute Gasteiger partial charge is 0.467 e. The van der Waals surface area contributed by atoms with Crippen LogP contribution in [0.5, 0.6) is 0 Å². The molecule has 1 aromatic rings. The van der Waals surface area contributed by atoms with Crippen molar-refractivity contribution in [2.45, 2.75) is 51.8 Å². The molecule has 1 atom stereocenters. The second-order valence-corrected chi connectivity index (χ2v) is 7.00. The molecular weight excluding hydrogens is 336 g/mol. The van der Waals surface area contributed by atoms with Crippen molar-refractivity contribution in [2.24, 2.45) is 0 Å². The fraction of sp³-hybridized carbons (Fsp3) is 0.526. The highest BCUT2D eigenvalue weighted by Gasteiger charge is 2.26. The van der Waals surface area contributed by atoms with Crippen LogP contribution < -0.4 is 5.32 Å². The molecule has 0 saturated heterocycles. The molecule has 0 aromatic heterocycles. The fourth-order valence-corrected chi connectivity index (χ4v) is 2.25. The van der Waals surface area contributed by atoms with Gasteiger partial charge >= 0.3 is 12.1 Å². The standard InChI is InChI=1S/C19H28N2O5/c1-19(2,3)26-18(24)20-15(17(23)25-5)11-12-16(22)21(4)13-14-9-7-6-8-10-14/h6-10,15H,11-13H2,1-5H3,(H,20,24)/t15-/m0/s1. The van der Waals surface area contributed by atoms with E-state index in [-0.39, 0.29) is 18.7 Å². The molecule has 0 spiro atoms. The summed E-state index contributed by atoms with van der Waals surface area (Å²) < 4.78 is 9.84. The number of hydrogen-bond donors (Lipinski definition) is 1. The lowest BCUT2D eigenvalue weighted by Crippen LogP contribution is -2.44. The Morgan fingerprint density at radius 3 is 2.31 bits per heavy atom. The molecule has 2 amide bonds. The van der Waals surface area contributed by atoms with Gasteiger partial charge in [0.25, 0.3) is 0 Å². The molecule has 0 radical (unpaired) electrons. The normalized spacial score (nSPS) is 12.0. The van der Waals surface area contributed by atoms with Crippen LogP contribution in [0, 0.1) is 0 Å². The third kappa shape index (κ3) is 8.00. The van der Waals surface area contributed by atoms with Gasteiger partial charge in [0.05, 0.1) is 7.11 Å². The smallest absolute Gasteiger partial charge is 0.408 e. The lowest BCUT2D eigenvalue weighted by Gasteiger charge is -2.23. The van der Waals surface area contributed by atoms with Gasteiger partial charge in [-0.05, 0) is 32.8 Å². The molecular formula is C19H28N2O5. The molecule has 0 saturated carbocycles. The number of methoxy groups -OCH3 is 1. The minimum Gasteiger partial charge on any atom is -0.467 e. The summed E-state index contributed by atoms with van der Waals surface area (Å²) >= 11 is 0. The van der Waals surface area contributed by atoms with Crippen molar-refractivity contribution in [1.29, 1.82) is 0 Å². The molecule has 26 heavy (non-hydrogen) atoms. The number of carbonyl (C=O) groups excluding carboxylic acids is 3. The average Bonchev–Trinajstić information content (AvgIpc) is 2.56. The van der Waals surface area contributed by atoms with Crippen molar-refractivity contribution < 1.29 is 23.9 Å². The first-order valence-corrected chi connectivity index (χ1v) is 8.47. The molecule has 0 aliphatic carbocycles. The maximum Gasteiger partial charge on any atom is 0.408 e. The summed E-state index contributed by atoms with van der Waals surface area (Å²) in [5.41, 5.74) is 0.330. The van der Waals surface area contributed by atoms with Gasteiger partial charge in [-0.2, -0.15) is 0 Å². The van der Waals surface area contributed by atoms with Crippen molar-refractivity contribution in [2.75, 3.05) is 14.2 Å². The first-order valence-electron chi connectivity index (χ1n) is 8.47. The number of alkyl carbamates (subject to hydrolysis) is 1. The lowest BCUT2D eigenvalue weighted by molar-refractivity contribution is -0.143. The second kappa shape index (κ2) is 9.79. The summed E-state index contributed by atoms with van der Waals surface area (Å²) in [5, 5.41) is 2.46. The Balaban J connectivity index is 2.58. The Morgan fingerprint density at radius 1 is 1.15 bits per heavy atom. The van der Waals surface area contributed by atoms with Gasteiger partial charge in [-0.1, -0.05) is 30.3 Å². The minimum atomic E-state index is -0.941. The van der Waals surface area contributed by atoms with Gasteiger partial charge in [-0.15, -0.1) is 0 Å². The van der Waals surface area contributed by atoms with E-state index in [0.29, 0.717) is 6.54 Å². The minimum absolute atomic E-state index is 0.0961. The van der Waals surface area contributed by atoms with Gasteiger partial charge in [0.1, 0.15) is 11.6 Å². The molecule has 0 bridgehead atoms. The predicted molar refractivity (Wildman–Crippen MR) is 97.3 cm³/mol. The molecule has 1 rings (SSSR count). The number of amides is 2. The zero-order valence-electron chi connectivity index (χ0n) is 16.1. The van der Waals surface area contributed by atoms with Crippen LogP contribution in [-0.4, -0.2) is 48.7 Å². The zero-order valence-corrected chi connectivity index (χ0v) is 16.1. The van der Waals surface area contributed by atoms with Crippen molar-refractivity contribution in [3.63, 3.8) is 0 Å². The van der Waals surface area contributed by atoms with Gasteiger partial charge in [-0.3, -0.25) is 4.79 Å². The van der Waals surface area contributed by atoms with Crippen LogP contribution in [0.25, 0.3) is 0 Å². The Labute approximate surface area is 154 Å². The molecule has 0 aliphatic rings. The van der Waals surface area contributed by atoms with Crippen LogP contribution in [0.4, 0.5) is 4.79 Å². The first kappa shape index (κ1) is 21.5. The maximum absolute atomic E-state index is 12.3. The summed E-state index contributed by atoms with van der Waals surface area (Å²) in [7, 11) is 2.93. The number of rotatable bonds is 7. The number of esters is 1. The van der Waals surface area contributed by atoms with E-state index in [0.717, 1.165) is 5.56 Å². The van der Waals surface area contributed by atoms with E-state index >= 15 is 0 Å². The number of ether oxygens (including phenoxy) is 2. The number of benzene rings is 1. The molecule has 1 N–H and O–H groups in total. The van der Waals surface area contributed by atoms with E-state index in [1.807, 2.05) is 30.3 Å². The van der Waals surface area contributed by atoms with Gasteiger partial charge in [-0.25, -0.2) is 9.59 Å². The molecule has 7 heteroatoms. The summed E-state index contributed by atoms with van der Waals surface area (Å²) in [5.74, 6) is -0.747. The summed E-state index contributed by atoms with van der Waals surface area (Å²) in [6.45, 7) is 5.65. The molecule has 0 unspecified atom stereocenters. The topological polar surface area (TPSA) is 84.9 Å². The highest BCUT2D eigenvalue weighted by Crippen LogP contribution is 2.10. The molecule has 0 fully saturated rings. The molecule has 1 aromatic carbocycles. The van der Waals surface area contributed by atoms with Gasteiger partial charge in [0.2, 0.25) is 5.91 Å². The highest BCUT2D eigenvalue weighted by molar-refractivity contribution is 5.82.